The predicted molar refractivity (Wildman–Crippen MR) is 58.8 cm³/mol. The lowest BCUT2D eigenvalue weighted by Gasteiger charge is -2.28. The summed E-state index contributed by atoms with van der Waals surface area (Å²) in [6.07, 6.45) is 7.63. The van der Waals surface area contributed by atoms with Crippen LogP contribution in [0.2, 0.25) is 0 Å². The Labute approximate surface area is 83.1 Å². The fourth-order valence-electron chi connectivity index (χ4n) is 1.84. The van der Waals surface area contributed by atoms with Crippen molar-refractivity contribution in [2.45, 2.75) is 50.7 Å². The van der Waals surface area contributed by atoms with Gasteiger partial charge in [-0.25, -0.2) is 0 Å². The number of ketones is 1. The van der Waals surface area contributed by atoms with E-state index >= 15 is 0 Å². The van der Waals surface area contributed by atoms with E-state index in [2.05, 4.69) is 14.6 Å². The molecule has 0 amide bonds. The molecule has 76 valence electrons. The van der Waals surface area contributed by atoms with Gasteiger partial charge in [-0.3, -0.25) is 4.79 Å². The van der Waals surface area contributed by atoms with Gasteiger partial charge in [0.2, 0.25) is 0 Å². The monoisotopic (exact) mass is 201 g/mol. The first-order valence-corrected chi connectivity index (χ1v) is 5.73. The summed E-state index contributed by atoms with van der Waals surface area (Å²) >= 11 is 0. The Bertz CT molecular complexity index is 174. The van der Waals surface area contributed by atoms with Crippen molar-refractivity contribution in [3.8, 4) is 0 Å². The second-order valence-corrected chi connectivity index (χ2v) is 5.23. The zero-order valence-electron chi connectivity index (χ0n) is 8.44. The van der Waals surface area contributed by atoms with Crippen molar-refractivity contribution in [1.82, 2.24) is 5.32 Å². The van der Waals surface area contributed by atoms with Crippen molar-refractivity contribution in [2.24, 2.45) is 0 Å². The lowest BCUT2D eigenvalue weighted by Crippen LogP contribution is -2.41. The van der Waals surface area contributed by atoms with Crippen LogP contribution in [-0.2, 0) is 4.79 Å². The summed E-state index contributed by atoms with van der Waals surface area (Å²) in [6, 6.07) is 0. The molecule has 0 saturated heterocycles. The number of hydrogen-bond acceptors (Lipinski definition) is 2. The molecule has 2 nitrogen and oxygen atoms in total. The first-order valence-electron chi connectivity index (χ1n) is 5.16. The average Bonchev–Trinajstić information content (AvgIpc) is 2.28. The maximum atomic E-state index is 10.8. The van der Waals surface area contributed by atoms with E-state index in [4.69, 9.17) is 0 Å². The second-order valence-electron chi connectivity index (χ2n) is 4.13. The van der Waals surface area contributed by atoms with E-state index in [0.717, 1.165) is 0 Å². The predicted octanol–water partition coefficient (Wildman–Crippen LogP) is 2.09. The van der Waals surface area contributed by atoms with Gasteiger partial charge in [-0.2, -0.15) is 0 Å². The van der Waals surface area contributed by atoms with E-state index in [9.17, 15) is 4.79 Å². The van der Waals surface area contributed by atoms with Crippen molar-refractivity contribution in [3.05, 3.63) is 0 Å². The van der Waals surface area contributed by atoms with Gasteiger partial charge in [-0.1, -0.05) is 25.7 Å². The van der Waals surface area contributed by atoms with Gasteiger partial charge in [-0.05, 0) is 19.8 Å². The lowest BCUT2D eigenvalue weighted by molar-refractivity contribution is -0.116. The molecule has 1 atom stereocenters. The topological polar surface area (TPSA) is 29.1 Å². The standard InChI is InChI=1S/C10H20NOP/c1-9(12)8-11-10(13)6-4-2-3-5-7-10/h11H,2-8,13H2,1H3. The Morgan fingerprint density at radius 2 is 1.85 bits per heavy atom. The third kappa shape index (κ3) is 4.19. The molecule has 0 bridgehead atoms. The first kappa shape index (κ1) is 11.1. The van der Waals surface area contributed by atoms with Crippen LogP contribution in [-0.4, -0.2) is 17.6 Å². The molecule has 1 aliphatic carbocycles. The summed E-state index contributed by atoms with van der Waals surface area (Å²) in [5, 5.41) is 3.49. The largest absolute Gasteiger partial charge is 0.301 e. The van der Waals surface area contributed by atoms with Crippen LogP contribution in [0.3, 0.4) is 0 Å². The van der Waals surface area contributed by atoms with Crippen LogP contribution in [0.5, 0.6) is 0 Å². The molecule has 1 aliphatic rings. The quantitative estimate of drug-likeness (QED) is 0.559. The van der Waals surface area contributed by atoms with Crippen LogP contribution in [0.25, 0.3) is 0 Å². The van der Waals surface area contributed by atoms with Crippen LogP contribution in [0.1, 0.15) is 45.4 Å². The molecular formula is C10H20NOP. The van der Waals surface area contributed by atoms with Gasteiger partial charge < -0.3 is 5.32 Å². The van der Waals surface area contributed by atoms with E-state index < -0.39 is 0 Å². The zero-order valence-corrected chi connectivity index (χ0v) is 9.59. The van der Waals surface area contributed by atoms with Crippen molar-refractivity contribution >= 4 is 15.0 Å². The molecule has 13 heavy (non-hydrogen) atoms. The maximum Gasteiger partial charge on any atom is 0.143 e. The van der Waals surface area contributed by atoms with Crippen LogP contribution in [0.15, 0.2) is 0 Å². The van der Waals surface area contributed by atoms with Crippen LogP contribution in [0, 0.1) is 0 Å². The van der Waals surface area contributed by atoms with Crippen molar-refractivity contribution < 1.29 is 4.79 Å². The van der Waals surface area contributed by atoms with E-state index in [-0.39, 0.29) is 11.1 Å². The van der Waals surface area contributed by atoms with Gasteiger partial charge in [0.05, 0.1) is 6.54 Å². The van der Waals surface area contributed by atoms with E-state index in [1.54, 1.807) is 6.92 Å². The second kappa shape index (κ2) is 5.07. The molecule has 3 heteroatoms. The Hall–Kier alpha value is 0.0600. The van der Waals surface area contributed by atoms with Crippen LogP contribution < -0.4 is 5.32 Å². The molecule has 1 fully saturated rings. The highest BCUT2D eigenvalue weighted by Gasteiger charge is 2.24. The molecule has 0 radical (unpaired) electrons. The molecule has 0 aliphatic heterocycles. The number of hydrogen-bond donors (Lipinski definition) is 1. The highest BCUT2D eigenvalue weighted by molar-refractivity contribution is 7.18. The van der Waals surface area contributed by atoms with E-state index in [0.29, 0.717) is 6.54 Å². The molecule has 1 rings (SSSR count). The highest BCUT2D eigenvalue weighted by Crippen LogP contribution is 2.32. The Morgan fingerprint density at radius 1 is 1.31 bits per heavy atom. The van der Waals surface area contributed by atoms with Gasteiger partial charge in [0, 0.05) is 5.28 Å². The Morgan fingerprint density at radius 3 is 2.31 bits per heavy atom. The van der Waals surface area contributed by atoms with Gasteiger partial charge in [0.25, 0.3) is 0 Å². The van der Waals surface area contributed by atoms with Gasteiger partial charge >= 0.3 is 0 Å². The van der Waals surface area contributed by atoms with Crippen molar-refractivity contribution in [1.29, 1.82) is 0 Å². The van der Waals surface area contributed by atoms with Crippen molar-refractivity contribution in [2.75, 3.05) is 6.54 Å². The number of carbonyl (C=O) groups is 1. The molecule has 0 aromatic carbocycles. The summed E-state index contributed by atoms with van der Waals surface area (Å²) in [7, 11) is 2.90. The van der Waals surface area contributed by atoms with Crippen molar-refractivity contribution in [3.63, 3.8) is 0 Å². The first-order chi connectivity index (χ1) is 6.12. The molecule has 0 spiro atoms. The molecule has 0 aromatic rings. The minimum absolute atomic E-state index is 0.141. The fraction of sp³-hybridized carbons (Fsp3) is 0.900. The van der Waals surface area contributed by atoms with Crippen LogP contribution >= 0.6 is 9.24 Å². The smallest absolute Gasteiger partial charge is 0.143 e. The summed E-state index contributed by atoms with van der Waals surface area (Å²) in [4.78, 5) is 10.8. The number of carbonyl (C=O) groups excluding carboxylic acids is 1. The molecule has 1 N–H and O–H groups in total. The highest BCUT2D eigenvalue weighted by atomic mass is 31.0. The van der Waals surface area contributed by atoms with Gasteiger partial charge in [0.1, 0.15) is 5.78 Å². The zero-order chi connectivity index (χ0) is 9.73. The minimum Gasteiger partial charge on any atom is -0.301 e. The van der Waals surface area contributed by atoms with E-state index in [1.807, 2.05) is 0 Å². The molecular weight excluding hydrogens is 181 g/mol. The summed E-state index contributed by atoms with van der Waals surface area (Å²) in [5.74, 6) is 0.228. The minimum atomic E-state index is 0.141. The van der Waals surface area contributed by atoms with Crippen LogP contribution in [0.4, 0.5) is 0 Å². The third-order valence-corrected chi connectivity index (χ3v) is 3.47. The molecule has 0 heterocycles. The van der Waals surface area contributed by atoms with E-state index in [1.165, 1.54) is 38.5 Å². The maximum absolute atomic E-state index is 10.8. The lowest BCUT2D eigenvalue weighted by atomic mass is 10.1. The Kier molecular flexibility index (Phi) is 4.34. The molecule has 0 aromatic heterocycles. The summed E-state index contributed by atoms with van der Waals surface area (Å²) in [5.41, 5.74) is 0. The number of nitrogens with one attached hydrogen (secondary N) is 1. The fourth-order valence-corrected chi connectivity index (χ4v) is 2.35. The summed E-state index contributed by atoms with van der Waals surface area (Å²) < 4.78 is 0. The molecule has 1 saturated carbocycles. The summed E-state index contributed by atoms with van der Waals surface area (Å²) in [6.45, 7) is 2.15. The number of Topliss-reactive ketones (excluding diaryl/α,β-unsaturated/α-hetero) is 1. The Balaban J connectivity index is 2.37. The SMILES string of the molecule is CC(=O)CNC1(P)CCCCCC1. The van der Waals surface area contributed by atoms with Gasteiger partial charge in [0.15, 0.2) is 0 Å². The molecule has 1 unspecified atom stereocenters. The third-order valence-electron chi connectivity index (χ3n) is 2.69. The normalized spacial score (nSPS) is 22.3. The van der Waals surface area contributed by atoms with Gasteiger partial charge in [-0.15, -0.1) is 9.24 Å². The number of rotatable bonds is 3. The average molecular weight is 201 g/mol.